The van der Waals surface area contributed by atoms with Gasteiger partial charge in [-0.25, -0.2) is 0 Å². The van der Waals surface area contributed by atoms with Gasteiger partial charge in [0.1, 0.15) is 6.07 Å². The molecule has 0 saturated heterocycles. The fourth-order valence-electron chi connectivity index (χ4n) is 7.71. The van der Waals surface area contributed by atoms with Gasteiger partial charge in [0.15, 0.2) is 0 Å². The molecule has 210 valence electrons. The number of benzene rings is 6. The number of nitriles is 2. The second-order valence-corrected chi connectivity index (χ2v) is 12.4. The minimum atomic E-state index is -0.418. The third-order valence-electron chi connectivity index (χ3n) is 9.74. The molecule has 1 aliphatic heterocycles. The number of hydrogen-bond donors (Lipinski definition) is 0. The molecule has 0 fully saturated rings. The van der Waals surface area contributed by atoms with Crippen molar-refractivity contribution in [1.82, 2.24) is 9.13 Å². The molecular formula is C41H26N4. The monoisotopic (exact) mass is 574 g/mol. The summed E-state index contributed by atoms with van der Waals surface area (Å²) in [6.07, 6.45) is 0. The van der Waals surface area contributed by atoms with Crippen LogP contribution < -0.4 is 0 Å². The zero-order valence-electron chi connectivity index (χ0n) is 24.8. The average molecular weight is 575 g/mol. The van der Waals surface area contributed by atoms with Gasteiger partial charge >= 0.3 is 0 Å². The highest BCUT2D eigenvalue weighted by Gasteiger charge is 2.37. The topological polar surface area (TPSA) is 57.4 Å². The Balaban J connectivity index is 1.41. The Morgan fingerprint density at radius 3 is 2.02 bits per heavy atom. The molecule has 9 rings (SSSR count). The SMILES string of the molecule is CC1(C)c2cc(C#N)cc(C#N)c2-n2c3ccccc3c3c(-c4ccc5c6ccccc6n(-c6ccccc6)c5c4)ccc1c32. The van der Waals surface area contributed by atoms with Crippen molar-refractivity contribution in [2.45, 2.75) is 19.3 Å². The maximum Gasteiger partial charge on any atom is 0.101 e. The predicted molar refractivity (Wildman–Crippen MR) is 182 cm³/mol. The van der Waals surface area contributed by atoms with Gasteiger partial charge in [-0.15, -0.1) is 0 Å². The van der Waals surface area contributed by atoms with E-state index in [1.165, 1.54) is 27.2 Å². The first-order valence-electron chi connectivity index (χ1n) is 15.2. The molecule has 8 aromatic rings. The minimum absolute atomic E-state index is 0.418. The van der Waals surface area contributed by atoms with Crippen molar-refractivity contribution in [3.05, 3.63) is 144 Å². The molecule has 0 bridgehead atoms. The van der Waals surface area contributed by atoms with Crippen molar-refractivity contribution in [2.75, 3.05) is 0 Å². The first-order valence-corrected chi connectivity index (χ1v) is 15.2. The molecule has 4 heteroatoms. The van der Waals surface area contributed by atoms with E-state index in [9.17, 15) is 10.5 Å². The molecule has 6 aromatic carbocycles. The molecule has 1 aliphatic rings. The van der Waals surface area contributed by atoms with E-state index in [4.69, 9.17) is 0 Å². The van der Waals surface area contributed by atoms with Crippen LogP contribution in [-0.4, -0.2) is 9.13 Å². The fraction of sp³-hybridized carbons (Fsp3) is 0.0732. The molecule has 4 nitrogen and oxygen atoms in total. The van der Waals surface area contributed by atoms with Crippen LogP contribution >= 0.6 is 0 Å². The third kappa shape index (κ3) is 3.29. The highest BCUT2D eigenvalue weighted by atomic mass is 15.0. The first-order chi connectivity index (χ1) is 22.0. The lowest BCUT2D eigenvalue weighted by atomic mass is 9.73. The van der Waals surface area contributed by atoms with Crippen molar-refractivity contribution < 1.29 is 0 Å². The van der Waals surface area contributed by atoms with E-state index >= 15 is 0 Å². The van der Waals surface area contributed by atoms with E-state index in [0.29, 0.717) is 11.1 Å². The Bertz CT molecular complexity index is 2640. The summed E-state index contributed by atoms with van der Waals surface area (Å²) >= 11 is 0. The van der Waals surface area contributed by atoms with E-state index in [1.807, 2.05) is 6.07 Å². The summed E-state index contributed by atoms with van der Waals surface area (Å²) in [4.78, 5) is 0. The third-order valence-corrected chi connectivity index (χ3v) is 9.74. The molecule has 0 saturated carbocycles. The zero-order chi connectivity index (χ0) is 30.4. The van der Waals surface area contributed by atoms with Crippen LogP contribution in [0.3, 0.4) is 0 Å². The molecule has 0 N–H and O–H groups in total. The van der Waals surface area contributed by atoms with Gasteiger partial charge in [-0.3, -0.25) is 0 Å². The number of para-hydroxylation sites is 3. The minimum Gasteiger partial charge on any atom is -0.309 e. The molecule has 0 amide bonds. The van der Waals surface area contributed by atoms with Gasteiger partial charge in [0.05, 0.1) is 45.0 Å². The number of aromatic nitrogens is 2. The van der Waals surface area contributed by atoms with Crippen LogP contribution in [0, 0.1) is 22.7 Å². The van der Waals surface area contributed by atoms with Crippen molar-refractivity contribution in [3.63, 3.8) is 0 Å². The Kier molecular flexibility index (Phi) is 5.06. The smallest absolute Gasteiger partial charge is 0.101 e. The number of hydrogen-bond acceptors (Lipinski definition) is 2. The summed E-state index contributed by atoms with van der Waals surface area (Å²) in [7, 11) is 0. The Morgan fingerprint density at radius 2 is 1.27 bits per heavy atom. The molecule has 45 heavy (non-hydrogen) atoms. The molecular weight excluding hydrogens is 548 g/mol. The van der Waals surface area contributed by atoms with Gasteiger partial charge in [-0.2, -0.15) is 10.5 Å². The van der Waals surface area contributed by atoms with Gasteiger partial charge in [-0.1, -0.05) is 92.7 Å². The molecule has 2 aromatic heterocycles. The van der Waals surface area contributed by atoms with Gasteiger partial charge in [-0.05, 0) is 64.7 Å². The quantitative estimate of drug-likeness (QED) is 0.206. The predicted octanol–water partition coefficient (Wildman–Crippen LogP) is 9.93. The number of rotatable bonds is 2. The van der Waals surface area contributed by atoms with Crippen LogP contribution in [0.5, 0.6) is 0 Å². The summed E-state index contributed by atoms with van der Waals surface area (Å²) in [5, 5.41) is 24.9. The largest absolute Gasteiger partial charge is 0.309 e. The molecule has 0 aliphatic carbocycles. The Hall–Kier alpha value is -6.10. The maximum absolute atomic E-state index is 10.3. The van der Waals surface area contributed by atoms with E-state index in [-0.39, 0.29) is 0 Å². The van der Waals surface area contributed by atoms with Crippen LogP contribution in [0.15, 0.2) is 121 Å². The Labute approximate surface area is 260 Å². The molecule has 0 atom stereocenters. The van der Waals surface area contributed by atoms with Crippen molar-refractivity contribution >= 4 is 43.6 Å². The number of fused-ring (bicyclic) bond motifs is 8. The van der Waals surface area contributed by atoms with Crippen molar-refractivity contribution in [3.8, 4) is 34.6 Å². The standard InChI is InChI=1S/C41H26N4/c1-41(2)33-19-18-29(26-16-17-31-30-12-6-8-14-35(30)44(37(31)22-26)28-10-4-3-5-11-28)38-32-13-7-9-15-36(32)45(40(33)38)39-27(24-43)20-25(23-42)21-34(39)41/h3-22H,1-2H3. The molecule has 0 radical (unpaired) electrons. The normalized spacial score (nSPS) is 13.2. The van der Waals surface area contributed by atoms with Crippen LogP contribution in [0.1, 0.15) is 36.1 Å². The number of nitrogens with zero attached hydrogens (tertiary/aromatic N) is 4. The summed E-state index contributed by atoms with van der Waals surface area (Å²) in [5.74, 6) is 0. The van der Waals surface area contributed by atoms with E-state index in [1.54, 1.807) is 6.07 Å². The summed E-state index contributed by atoms with van der Waals surface area (Å²) < 4.78 is 4.63. The Morgan fingerprint density at radius 1 is 0.578 bits per heavy atom. The van der Waals surface area contributed by atoms with Gasteiger partial charge in [0.25, 0.3) is 0 Å². The van der Waals surface area contributed by atoms with Gasteiger partial charge in [0.2, 0.25) is 0 Å². The van der Waals surface area contributed by atoms with E-state index < -0.39 is 5.41 Å². The lowest BCUT2D eigenvalue weighted by molar-refractivity contribution is 0.629. The molecule has 3 heterocycles. The second kappa shape index (κ2) is 8.96. The summed E-state index contributed by atoms with van der Waals surface area (Å²) in [6.45, 7) is 4.40. The molecule has 0 spiro atoms. The van der Waals surface area contributed by atoms with Crippen molar-refractivity contribution in [1.29, 1.82) is 10.5 Å². The van der Waals surface area contributed by atoms with Crippen molar-refractivity contribution in [2.24, 2.45) is 0 Å². The van der Waals surface area contributed by atoms with E-state index in [2.05, 4.69) is 144 Å². The highest BCUT2D eigenvalue weighted by Crippen LogP contribution is 2.51. The van der Waals surface area contributed by atoms with Crippen LogP contribution in [0.4, 0.5) is 0 Å². The second-order valence-electron chi connectivity index (χ2n) is 12.4. The molecule has 0 unspecified atom stereocenters. The van der Waals surface area contributed by atoms with Crippen LogP contribution in [0.25, 0.3) is 66.1 Å². The van der Waals surface area contributed by atoms with Gasteiger partial charge in [0, 0.05) is 32.6 Å². The van der Waals surface area contributed by atoms with Crippen LogP contribution in [0.2, 0.25) is 0 Å². The summed E-state index contributed by atoms with van der Waals surface area (Å²) in [6, 6.07) is 47.4. The van der Waals surface area contributed by atoms with E-state index in [0.717, 1.165) is 50.0 Å². The average Bonchev–Trinajstić information content (AvgIpc) is 3.60. The highest BCUT2D eigenvalue weighted by molar-refractivity contribution is 6.19. The fourth-order valence-corrected chi connectivity index (χ4v) is 7.71. The maximum atomic E-state index is 10.3. The lowest BCUT2D eigenvalue weighted by Gasteiger charge is -2.35. The zero-order valence-corrected chi connectivity index (χ0v) is 24.8. The lowest BCUT2D eigenvalue weighted by Crippen LogP contribution is -2.27. The first kappa shape index (κ1) is 25.4. The summed E-state index contributed by atoms with van der Waals surface area (Å²) in [5.41, 5.74) is 11.6. The van der Waals surface area contributed by atoms with Gasteiger partial charge < -0.3 is 9.13 Å². The van der Waals surface area contributed by atoms with Crippen LogP contribution in [-0.2, 0) is 5.41 Å².